The molecule has 4 N–H and O–H groups in total. The summed E-state index contributed by atoms with van der Waals surface area (Å²) >= 11 is 0. The van der Waals surface area contributed by atoms with Gasteiger partial charge in [-0.05, 0) is 68.3 Å². The van der Waals surface area contributed by atoms with Crippen LogP contribution in [0.4, 0.5) is 20.8 Å². The Balaban J connectivity index is 1.49. The van der Waals surface area contributed by atoms with Crippen molar-refractivity contribution in [3.05, 3.63) is 77.5 Å². The van der Waals surface area contributed by atoms with Gasteiger partial charge in [-0.25, -0.2) is 19.2 Å². The lowest BCUT2D eigenvalue weighted by molar-refractivity contribution is 0.256. The third-order valence-corrected chi connectivity index (χ3v) is 5.17. The summed E-state index contributed by atoms with van der Waals surface area (Å²) in [5.74, 6) is 0.904. The Kier molecular flexibility index (Phi) is 7.20. The Morgan fingerprint density at radius 2 is 1.80 bits per heavy atom. The van der Waals surface area contributed by atoms with Crippen molar-refractivity contribution in [1.82, 2.24) is 20.3 Å². The molecule has 0 spiro atoms. The highest BCUT2D eigenvalue weighted by molar-refractivity contribution is 6.07. The lowest BCUT2D eigenvalue weighted by Crippen LogP contribution is -2.39. The molecule has 0 aliphatic carbocycles. The maximum atomic E-state index is 13.2. The van der Waals surface area contributed by atoms with E-state index in [1.807, 2.05) is 44.3 Å². The zero-order chi connectivity index (χ0) is 24.8. The number of nitrogens with zero attached hydrogens (tertiary/aromatic N) is 3. The zero-order valence-corrected chi connectivity index (χ0v) is 19.6. The quantitative estimate of drug-likeness (QED) is 0.241. The average molecular weight is 476 g/mol. The van der Waals surface area contributed by atoms with Crippen LogP contribution in [0, 0.1) is 19.7 Å². The van der Waals surface area contributed by atoms with Crippen molar-refractivity contribution in [3.63, 3.8) is 0 Å². The Morgan fingerprint density at radius 1 is 1.06 bits per heavy atom. The van der Waals surface area contributed by atoms with E-state index in [1.54, 1.807) is 7.11 Å². The molecular formula is C25H26FN7O2. The van der Waals surface area contributed by atoms with Crippen molar-refractivity contribution in [3.8, 4) is 5.75 Å². The lowest BCUT2D eigenvalue weighted by atomic mass is 10.1. The summed E-state index contributed by atoms with van der Waals surface area (Å²) in [6.45, 7) is 4.11. The second-order valence-electron chi connectivity index (χ2n) is 7.89. The second-order valence-corrected chi connectivity index (χ2v) is 7.89. The van der Waals surface area contributed by atoms with Crippen LogP contribution in [0.1, 0.15) is 17.0 Å². The van der Waals surface area contributed by atoms with E-state index in [2.05, 4.69) is 35.9 Å². The number of aromatic amines is 1. The largest absolute Gasteiger partial charge is 0.497 e. The Morgan fingerprint density at radius 3 is 2.51 bits per heavy atom. The highest BCUT2D eigenvalue weighted by Gasteiger charge is 2.10. The molecule has 0 aliphatic rings. The van der Waals surface area contributed by atoms with Crippen LogP contribution in [-0.4, -0.2) is 40.6 Å². The van der Waals surface area contributed by atoms with Gasteiger partial charge in [0, 0.05) is 46.8 Å². The third-order valence-electron chi connectivity index (χ3n) is 5.17. The van der Waals surface area contributed by atoms with Gasteiger partial charge in [0.05, 0.1) is 7.11 Å². The predicted molar refractivity (Wildman–Crippen MR) is 135 cm³/mol. The summed E-state index contributed by atoms with van der Waals surface area (Å²) in [5.41, 5.74) is 4.07. The molecule has 10 heteroatoms. The molecule has 0 saturated carbocycles. The first kappa shape index (κ1) is 23.7. The van der Waals surface area contributed by atoms with Crippen molar-refractivity contribution in [1.29, 1.82) is 0 Å². The number of aromatic nitrogens is 3. The number of anilines is 2. The van der Waals surface area contributed by atoms with Crippen LogP contribution in [0.3, 0.4) is 0 Å². The van der Waals surface area contributed by atoms with Crippen molar-refractivity contribution in [2.75, 3.05) is 24.3 Å². The van der Waals surface area contributed by atoms with Crippen molar-refractivity contribution < 1.29 is 13.9 Å². The van der Waals surface area contributed by atoms with Gasteiger partial charge in [0.15, 0.2) is 0 Å². The number of hydrogen-bond acceptors (Lipinski definition) is 5. The van der Waals surface area contributed by atoms with Gasteiger partial charge in [-0.15, -0.1) is 0 Å². The fourth-order valence-corrected chi connectivity index (χ4v) is 3.59. The highest BCUT2D eigenvalue weighted by Crippen LogP contribution is 2.23. The summed E-state index contributed by atoms with van der Waals surface area (Å²) in [6.07, 6.45) is 2.57. The molecule has 0 bridgehead atoms. The first-order valence-electron chi connectivity index (χ1n) is 11.0. The molecule has 0 aliphatic heterocycles. The summed E-state index contributed by atoms with van der Waals surface area (Å²) in [5, 5.41) is 9.41. The molecule has 0 fully saturated rings. The number of rotatable bonds is 6. The average Bonchev–Trinajstić information content (AvgIpc) is 3.22. The number of nitrogens with one attached hydrogen (secondary N) is 4. The molecule has 2 aromatic heterocycles. The summed E-state index contributed by atoms with van der Waals surface area (Å²) in [4.78, 5) is 29.1. The van der Waals surface area contributed by atoms with Crippen LogP contribution in [0.25, 0.3) is 10.9 Å². The number of aliphatic imine (C=N–C) groups is 1. The number of hydrogen-bond donors (Lipinski definition) is 4. The number of guanidine groups is 1. The van der Waals surface area contributed by atoms with E-state index in [9.17, 15) is 9.18 Å². The molecule has 4 aromatic rings. The van der Waals surface area contributed by atoms with Gasteiger partial charge in [-0.1, -0.05) is 0 Å². The van der Waals surface area contributed by atoms with E-state index in [0.29, 0.717) is 24.6 Å². The van der Waals surface area contributed by atoms with E-state index < -0.39 is 6.03 Å². The number of H-pyrrole nitrogens is 1. The van der Waals surface area contributed by atoms with Gasteiger partial charge in [0.2, 0.25) is 11.9 Å². The van der Waals surface area contributed by atoms with Crippen LogP contribution >= 0.6 is 0 Å². The minimum Gasteiger partial charge on any atom is -0.497 e. The molecule has 0 radical (unpaired) electrons. The van der Waals surface area contributed by atoms with Gasteiger partial charge < -0.3 is 15.0 Å². The number of fused-ring (bicyclic) bond motifs is 1. The summed E-state index contributed by atoms with van der Waals surface area (Å²) < 4.78 is 18.4. The topological polar surface area (TPSA) is 116 Å². The molecule has 0 unspecified atom stereocenters. The molecular weight excluding hydrogens is 449 g/mol. The predicted octanol–water partition coefficient (Wildman–Crippen LogP) is 4.55. The molecule has 2 amide bonds. The lowest BCUT2D eigenvalue weighted by Gasteiger charge is -2.12. The number of carbonyl (C=O) groups excluding carboxylic acids is 1. The number of carbonyl (C=O) groups is 1. The number of amides is 2. The second kappa shape index (κ2) is 10.6. The molecule has 9 nitrogen and oxygen atoms in total. The summed E-state index contributed by atoms with van der Waals surface area (Å²) in [7, 11) is 1.63. The van der Waals surface area contributed by atoms with Gasteiger partial charge in [0.1, 0.15) is 11.6 Å². The molecule has 180 valence electrons. The van der Waals surface area contributed by atoms with Crippen LogP contribution in [0.5, 0.6) is 5.75 Å². The first-order valence-corrected chi connectivity index (χ1v) is 11.0. The smallest absolute Gasteiger partial charge is 0.326 e. The van der Waals surface area contributed by atoms with Gasteiger partial charge in [-0.3, -0.25) is 15.6 Å². The fraction of sp³-hybridized carbons (Fsp3) is 0.200. The normalized spacial score (nSPS) is 11.4. The number of aryl methyl sites for hydroxylation is 2. The van der Waals surface area contributed by atoms with Crippen LogP contribution < -0.4 is 20.7 Å². The third kappa shape index (κ3) is 6.32. The van der Waals surface area contributed by atoms with Crippen LogP contribution in [0.15, 0.2) is 59.7 Å². The van der Waals surface area contributed by atoms with Crippen LogP contribution in [0.2, 0.25) is 0 Å². The Hall–Kier alpha value is -4.47. The monoisotopic (exact) mass is 475 g/mol. The van der Waals surface area contributed by atoms with E-state index in [0.717, 1.165) is 33.6 Å². The number of halogens is 1. The van der Waals surface area contributed by atoms with E-state index in [1.165, 1.54) is 24.3 Å². The van der Waals surface area contributed by atoms with Gasteiger partial charge >= 0.3 is 6.03 Å². The van der Waals surface area contributed by atoms with Gasteiger partial charge in [0.25, 0.3) is 0 Å². The zero-order valence-electron chi connectivity index (χ0n) is 19.6. The Bertz CT molecular complexity index is 1350. The molecule has 35 heavy (non-hydrogen) atoms. The first-order chi connectivity index (χ1) is 16.9. The van der Waals surface area contributed by atoms with Crippen molar-refractivity contribution in [2.45, 2.75) is 20.3 Å². The van der Waals surface area contributed by atoms with Crippen LogP contribution in [-0.2, 0) is 6.42 Å². The SMILES string of the molecule is COc1ccc2c(CCN=C(NC(=O)Nc3ccc(F)cc3)Nc3nc(C)cc(C)n3)c[nH]c2c1. The number of ether oxygens (including phenoxy) is 1. The van der Waals surface area contributed by atoms with E-state index in [4.69, 9.17) is 4.74 Å². The van der Waals surface area contributed by atoms with E-state index >= 15 is 0 Å². The highest BCUT2D eigenvalue weighted by atomic mass is 19.1. The molecule has 2 aromatic carbocycles. The van der Waals surface area contributed by atoms with Gasteiger partial charge in [-0.2, -0.15) is 0 Å². The minimum atomic E-state index is -0.536. The number of benzene rings is 2. The van der Waals surface area contributed by atoms with Crippen molar-refractivity contribution >= 4 is 34.5 Å². The van der Waals surface area contributed by atoms with Crippen molar-refractivity contribution in [2.24, 2.45) is 4.99 Å². The fourth-order valence-electron chi connectivity index (χ4n) is 3.59. The number of methoxy groups -OCH3 is 1. The standard InChI is InChI=1S/C25H26FN7O2/c1-15-12-16(2)30-24(29-15)32-23(33-25(34)31-19-6-4-18(26)5-7-19)27-11-10-17-14-28-22-13-20(35-3)8-9-21(17)22/h4-9,12-14,28H,10-11H2,1-3H3,(H3,27,29,30,31,32,33,34). The Labute approximate surface area is 201 Å². The minimum absolute atomic E-state index is 0.191. The maximum Gasteiger partial charge on any atom is 0.326 e. The van der Waals surface area contributed by atoms with E-state index in [-0.39, 0.29) is 11.8 Å². The maximum absolute atomic E-state index is 13.2. The molecule has 4 rings (SSSR count). The molecule has 2 heterocycles. The number of urea groups is 1. The molecule has 0 saturated heterocycles. The summed E-state index contributed by atoms with van der Waals surface area (Å²) in [6, 6.07) is 12.6. The molecule has 0 atom stereocenters.